The van der Waals surface area contributed by atoms with Crippen molar-refractivity contribution in [2.75, 3.05) is 16.0 Å². The molecule has 0 atom stereocenters. The predicted molar refractivity (Wildman–Crippen MR) is 103 cm³/mol. The monoisotopic (exact) mass is 352 g/mol. The van der Waals surface area contributed by atoms with Gasteiger partial charge in [-0.05, 0) is 49.2 Å². The van der Waals surface area contributed by atoms with E-state index in [0.717, 1.165) is 18.7 Å². The molecule has 6 nitrogen and oxygen atoms in total. The predicted octanol–water partition coefficient (Wildman–Crippen LogP) is 4.04. The van der Waals surface area contributed by atoms with Gasteiger partial charge in [-0.15, -0.1) is 0 Å². The van der Waals surface area contributed by atoms with E-state index in [0.29, 0.717) is 23.0 Å². The molecule has 2 amide bonds. The van der Waals surface area contributed by atoms with E-state index in [9.17, 15) is 9.59 Å². The minimum Gasteiger partial charge on any atom is -0.367 e. The number of rotatable bonds is 5. The van der Waals surface area contributed by atoms with E-state index in [1.165, 1.54) is 26.2 Å². The van der Waals surface area contributed by atoms with Crippen LogP contribution < -0.4 is 16.0 Å². The van der Waals surface area contributed by atoms with Crippen molar-refractivity contribution in [2.24, 2.45) is 0 Å². The van der Waals surface area contributed by atoms with Crippen molar-refractivity contribution in [2.45, 2.75) is 45.1 Å². The first-order valence-corrected chi connectivity index (χ1v) is 9.02. The summed E-state index contributed by atoms with van der Waals surface area (Å²) in [6.07, 6.45) is 7.74. The van der Waals surface area contributed by atoms with Crippen molar-refractivity contribution in [1.29, 1.82) is 0 Å². The van der Waals surface area contributed by atoms with Crippen molar-refractivity contribution in [3.8, 4) is 0 Å². The van der Waals surface area contributed by atoms with E-state index in [1.807, 2.05) is 0 Å². The highest BCUT2D eigenvalue weighted by Crippen LogP contribution is 2.21. The Bertz CT molecular complexity index is 768. The molecular formula is C20H24N4O2. The summed E-state index contributed by atoms with van der Waals surface area (Å²) in [7, 11) is 0. The molecule has 1 fully saturated rings. The number of anilines is 3. The number of carbonyl (C=O) groups excluding carboxylic acids is 2. The average molecular weight is 352 g/mol. The van der Waals surface area contributed by atoms with E-state index in [1.54, 1.807) is 42.6 Å². The molecule has 1 aromatic heterocycles. The molecule has 1 aromatic carbocycles. The number of carbonyl (C=O) groups is 2. The summed E-state index contributed by atoms with van der Waals surface area (Å²) in [6.45, 7) is 1.46. The lowest BCUT2D eigenvalue weighted by molar-refractivity contribution is -0.114. The highest BCUT2D eigenvalue weighted by atomic mass is 16.2. The molecule has 136 valence electrons. The van der Waals surface area contributed by atoms with Gasteiger partial charge in [0, 0.05) is 36.1 Å². The van der Waals surface area contributed by atoms with Crippen LogP contribution in [0.5, 0.6) is 0 Å². The highest BCUT2D eigenvalue weighted by Gasteiger charge is 2.14. The lowest BCUT2D eigenvalue weighted by Crippen LogP contribution is -2.23. The van der Waals surface area contributed by atoms with Crippen molar-refractivity contribution in [3.05, 3.63) is 48.2 Å². The van der Waals surface area contributed by atoms with Gasteiger partial charge in [-0.2, -0.15) is 0 Å². The zero-order chi connectivity index (χ0) is 18.4. The van der Waals surface area contributed by atoms with Crippen molar-refractivity contribution < 1.29 is 9.59 Å². The molecule has 1 aliphatic carbocycles. The van der Waals surface area contributed by atoms with Gasteiger partial charge >= 0.3 is 0 Å². The van der Waals surface area contributed by atoms with Crippen LogP contribution in [0.25, 0.3) is 0 Å². The minimum absolute atomic E-state index is 0.128. The molecule has 2 aromatic rings. The molecule has 1 aliphatic rings. The van der Waals surface area contributed by atoms with Gasteiger partial charge in [0.25, 0.3) is 5.91 Å². The molecule has 0 radical (unpaired) electrons. The molecule has 6 heteroatoms. The maximum atomic E-state index is 12.5. The topological polar surface area (TPSA) is 83.1 Å². The third-order valence-corrected chi connectivity index (χ3v) is 4.44. The first kappa shape index (κ1) is 17.9. The fourth-order valence-electron chi connectivity index (χ4n) is 3.15. The Balaban J connectivity index is 1.62. The number of hydrogen-bond donors (Lipinski definition) is 3. The van der Waals surface area contributed by atoms with Crippen LogP contribution in [-0.4, -0.2) is 22.8 Å². The van der Waals surface area contributed by atoms with Crippen LogP contribution in [0, 0.1) is 0 Å². The minimum atomic E-state index is -0.189. The van der Waals surface area contributed by atoms with Gasteiger partial charge in [0.15, 0.2) is 0 Å². The highest BCUT2D eigenvalue weighted by molar-refractivity contribution is 6.04. The van der Waals surface area contributed by atoms with Gasteiger partial charge in [-0.3, -0.25) is 9.59 Å². The summed E-state index contributed by atoms with van der Waals surface area (Å²) in [5, 5.41) is 8.99. The summed E-state index contributed by atoms with van der Waals surface area (Å²) in [5.74, 6) is 0.425. The molecule has 1 saturated carbocycles. The van der Waals surface area contributed by atoms with Crippen LogP contribution in [-0.2, 0) is 4.79 Å². The molecule has 0 unspecified atom stereocenters. The van der Waals surface area contributed by atoms with Gasteiger partial charge in [0.05, 0.1) is 0 Å². The number of pyridine rings is 1. The Morgan fingerprint density at radius 2 is 1.62 bits per heavy atom. The first-order chi connectivity index (χ1) is 12.6. The van der Waals surface area contributed by atoms with Crippen LogP contribution in [0.2, 0.25) is 0 Å². The van der Waals surface area contributed by atoms with E-state index >= 15 is 0 Å². The Morgan fingerprint density at radius 3 is 2.27 bits per heavy atom. The van der Waals surface area contributed by atoms with Crippen LogP contribution in [0.1, 0.15) is 49.4 Å². The average Bonchev–Trinajstić information content (AvgIpc) is 2.64. The molecule has 0 bridgehead atoms. The van der Waals surface area contributed by atoms with Crippen LogP contribution in [0.15, 0.2) is 42.6 Å². The third kappa shape index (κ3) is 5.05. The molecular weight excluding hydrogens is 328 g/mol. The summed E-state index contributed by atoms with van der Waals surface area (Å²) >= 11 is 0. The standard InChI is InChI=1S/C20H24N4O2/c1-14(25)22-17-7-9-18(10-8-17)24-20(26)15-11-12-21-19(13-15)23-16-5-3-2-4-6-16/h7-13,16H,2-6H2,1H3,(H,21,23)(H,22,25)(H,24,26). The molecule has 0 saturated heterocycles. The third-order valence-electron chi connectivity index (χ3n) is 4.44. The SMILES string of the molecule is CC(=O)Nc1ccc(NC(=O)c2ccnc(NC3CCCCC3)c2)cc1. The molecule has 3 rings (SSSR count). The quantitative estimate of drug-likeness (QED) is 0.758. The van der Waals surface area contributed by atoms with Gasteiger partial charge in [0.2, 0.25) is 5.91 Å². The smallest absolute Gasteiger partial charge is 0.255 e. The fourth-order valence-corrected chi connectivity index (χ4v) is 3.15. The molecule has 1 heterocycles. The number of benzene rings is 1. The second-order valence-corrected chi connectivity index (χ2v) is 6.62. The summed E-state index contributed by atoms with van der Waals surface area (Å²) in [4.78, 5) is 27.9. The normalized spacial score (nSPS) is 14.5. The van der Waals surface area contributed by atoms with E-state index in [4.69, 9.17) is 0 Å². The second kappa shape index (κ2) is 8.47. The second-order valence-electron chi connectivity index (χ2n) is 6.62. The number of aromatic nitrogens is 1. The van der Waals surface area contributed by atoms with Crippen LogP contribution in [0.3, 0.4) is 0 Å². The Hall–Kier alpha value is -2.89. The van der Waals surface area contributed by atoms with E-state index in [2.05, 4.69) is 20.9 Å². The van der Waals surface area contributed by atoms with Gasteiger partial charge < -0.3 is 16.0 Å². The van der Waals surface area contributed by atoms with Gasteiger partial charge in [-0.1, -0.05) is 19.3 Å². The summed E-state index contributed by atoms with van der Waals surface area (Å²) in [5.41, 5.74) is 1.92. The maximum Gasteiger partial charge on any atom is 0.255 e. The van der Waals surface area contributed by atoms with Crippen molar-refractivity contribution in [3.63, 3.8) is 0 Å². The maximum absolute atomic E-state index is 12.5. The van der Waals surface area contributed by atoms with Gasteiger partial charge in [0.1, 0.15) is 5.82 Å². The Kier molecular flexibility index (Phi) is 5.84. The van der Waals surface area contributed by atoms with Crippen molar-refractivity contribution in [1.82, 2.24) is 4.98 Å². The Morgan fingerprint density at radius 1 is 0.962 bits per heavy atom. The number of nitrogens with zero attached hydrogens (tertiary/aromatic N) is 1. The van der Waals surface area contributed by atoms with E-state index in [-0.39, 0.29) is 11.8 Å². The van der Waals surface area contributed by atoms with Crippen LogP contribution >= 0.6 is 0 Å². The molecule has 26 heavy (non-hydrogen) atoms. The summed E-state index contributed by atoms with van der Waals surface area (Å²) < 4.78 is 0. The largest absolute Gasteiger partial charge is 0.367 e. The number of hydrogen-bond acceptors (Lipinski definition) is 4. The lowest BCUT2D eigenvalue weighted by atomic mass is 9.95. The lowest BCUT2D eigenvalue weighted by Gasteiger charge is -2.23. The zero-order valence-electron chi connectivity index (χ0n) is 14.9. The van der Waals surface area contributed by atoms with Crippen molar-refractivity contribution >= 4 is 29.0 Å². The zero-order valence-corrected chi connectivity index (χ0v) is 14.9. The molecule has 0 spiro atoms. The Labute approximate surface area is 153 Å². The molecule has 3 N–H and O–H groups in total. The summed E-state index contributed by atoms with van der Waals surface area (Å²) in [6, 6.07) is 10.9. The van der Waals surface area contributed by atoms with Crippen LogP contribution in [0.4, 0.5) is 17.2 Å². The molecule has 0 aliphatic heterocycles. The number of nitrogens with one attached hydrogen (secondary N) is 3. The number of amides is 2. The fraction of sp³-hybridized carbons (Fsp3) is 0.350. The first-order valence-electron chi connectivity index (χ1n) is 9.02. The van der Waals surface area contributed by atoms with E-state index < -0.39 is 0 Å². The van der Waals surface area contributed by atoms with Gasteiger partial charge in [-0.25, -0.2) is 4.98 Å².